The minimum Gasteiger partial charge on any atom is -0.438 e. The van der Waals surface area contributed by atoms with Gasteiger partial charge in [-0.3, -0.25) is 4.57 Å². The molecule has 1 saturated heterocycles. The molecule has 1 aromatic heterocycles. The minimum absolute atomic E-state index is 0.0191. The first-order chi connectivity index (χ1) is 12.2. The van der Waals surface area contributed by atoms with E-state index >= 15 is 0 Å². The van der Waals surface area contributed by atoms with E-state index in [9.17, 15) is 19.4 Å². The van der Waals surface area contributed by atoms with Gasteiger partial charge in [-0.25, -0.2) is 9.18 Å². The number of hydrogen-bond acceptors (Lipinski definition) is 7. The molecule has 8 nitrogen and oxygen atoms in total. The monoisotopic (exact) mass is 366 g/mol. The molecule has 3 rings (SSSR count). The molecule has 3 atom stereocenters. The summed E-state index contributed by atoms with van der Waals surface area (Å²) in [4.78, 5) is 16.0. The maximum atomic E-state index is 14.2. The zero-order valence-corrected chi connectivity index (χ0v) is 14.2. The van der Waals surface area contributed by atoms with Crippen LogP contribution in [0, 0.1) is 13.8 Å². The Morgan fingerprint density at radius 2 is 2.04 bits per heavy atom. The number of benzene rings is 1. The van der Waals surface area contributed by atoms with Crippen molar-refractivity contribution in [3.8, 4) is 11.6 Å². The molecular weight excluding hydrogens is 347 g/mol. The normalized spacial score (nSPS) is 28.3. The number of aliphatic hydroxyl groups is 3. The highest BCUT2D eigenvalue weighted by molar-refractivity contribution is 5.41. The summed E-state index contributed by atoms with van der Waals surface area (Å²) in [7, 11) is 0. The van der Waals surface area contributed by atoms with Crippen molar-refractivity contribution in [1.82, 2.24) is 9.55 Å². The van der Waals surface area contributed by atoms with Crippen LogP contribution in [0.3, 0.4) is 0 Å². The molecule has 0 saturated carbocycles. The van der Waals surface area contributed by atoms with E-state index in [-0.39, 0.29) is 5.88 Å². The van der Waals surface area contributed by atoms with Crippen molar-refractivity contribution in [2.45, 2.75) is 31.5 Å². The second kappa shape index (κ2) is 6.44. The van der Waals surface area contributed by atoms with Crippen LogP contribution in [0.2, 0.25) is 0 Å². The van der Waals surface area contributed by atoms with Crippen LogP contribution in [0.25, 0.3) is 0 Å². The Morgan fingerprint density at radius 1 is 1.38 bits per heavy atom. The summed E-state index contributed by atoms with van der Waals surface area (Å²) in [5, 5.41) is 29.5. The topological polar surface area (TPSA) is 114 Å². The second-order valence-electron chi connectivity index (χ2n) is 6.26. The number of aromatic nitrogens is 2. The highest BCUT2D eigenvalue weighted by atomic mass is 19.2. The predicted octanol–water partition coefficient (Wildman–Crippen LogP) is 0.347. The fourth-order valence-electron chi connectivity index (χ4n) is 2.87. The molecule has 1 aliphatic rings. The Kier molecular flexibility index (Phi) is 4.57. The van der Waals surface area contributed by atoms with Gasteiger partial charge in [-0.2, -0.15) is 4.98 Å². The third-order valence-electron chi connectivity index (χ3n) is 4.40. The van der Waals surface area contributed by atoms with E-state index in [1.54, 1.807) is 0 Å². The van der Waals surface area contributed by atoms with Gasteiger partial charge in [0, 0.05) is 12.3 Å². The van der Waals surface area contributed by atoms with Crippen LogP contribution in [-0.2, 0) is 10.5 Å². The first-order valence-electron chi connectivity index (χ1n) is 7.90. The Morgan fingerprint density at radius 3 is 2.58 bits per heavy atom. The lowest BCUT2D eigenvalue weighted by molar-refractivity contribution is -0.195. The van der Waals surface area contributed by atoms with Crippen molar-refractivity contribution >= 4 is 0 Å². The van der Waals surface area contributed by atoms with Gasteiger partial charge < -0.3 is 24.8 Å². The second-order valence-corrected chi connectivity index (χ2v) is 6.26. The molecule has 1 aliphatic heterocycles. The largest absolute Gasteiger partial charge is 0.438 e. The van der Waals surface area contributed by atoms with Crippen LogP contribution in [0.4, 0.5) is 4.39 Å². The van der Waals surface area contributed by atoms with E-state index in [1.165, 1.54) is 6.07 Å². The van der Waals surface area contributed by atoms with Crippen LogP contribution in [0.15, 0.2) is 35.3 Å². The molecule has 9 heteroatoms. The van der Waals surface area contributed by atoms with Crippen LogP contribution < -0.4 is 10.4 Å². The average molecular weight is 366 g/mol. The van der Waals surface area contributed by atoms with Crippen LogP contribution in [0.1, 0.15) is 11.1 Å². The SMILES string of the molecule is Cc1cccc(C)c1Oc1ccn([C@]2(O)CO[C@](F)(CO)[C@H]2O)c(=O)n1. The van der Waals surface area contributed by atoms with Gasteiger partial charge in [-0.1, -0.05) is 18.2 Å². The molecule has 1 aromatic carbocycles. The molecule has 26 heavy (non-hydrogen) atoms. The van der Waals surface area contributed by atoms with Gasteiger partial charge >= 0.3 is 5.69 Å². The van der Waals surface area contributed by atoms with Gasteiger partial charge in [0.1, 0.15) is 19.0 Å². The molecule has 3 N–H and O–H groups in total. The molecule has 1 fully saturated rings. The average Bonchev–Trinajstić information content (AvgIpc) is 2.84. The molecule has 0 aliphatic carbocycles. The van der Waals surface area contributed by atoms with Crippen LogP contribution in [-0.4, -0.2) is 50.0 Å². The van der Waals surface area contributed by atoms with Gasteiger partial charge in [0.25, 0.3) is 5.85 Å². The summed E-state index contributed by atoms with van der Waals surface area (Å²) >= 11 is 0. The number of rotatable bonds is 4. The molecule has 2 heterocycles. The van der Waals surface area contributed by atoms with Crippen molar-refractivity contribution in [3.63, 3.8) is 0 Å². The molecule has 2 aromatic rings. The van der Waals surface area contributed by atoms with E-state index in [2.05, 4.69) is 9.72 Å². The quantitative estimate of drug-likeness (QED) is 0.715. The number of nitrogens with zero attached hydrogens (tertiary/aromatic N) is 2. The Hall–Kier alpha value is -2.33. The number of para-hydroxylation sites is 1. The lowest BCUT2D eigenvalue weighted by Crippen LogP contribution is -2.54. The van der Waals surface area contributed by atoms with Crippen molar-refractivity contribution in [3.05, 3.63) is 52.1 Å². The smallest absolute Gasteiger partial charge is 0.353 e. The van der Waals surface area contributed by atoms with E-state index in [0.29, 0.717) is 10.3 Å². The van der Waals surface area contributed by atoms with Crippen LogP contribution >= 0.6 is 0 Å². The summed E-state index contributed by atoms with van der Waals surface area (Å²) in [6.45, 7) is 1.78. The van der Waals surface area contributed by atoms with E-state index in [4.69, 9.17) is 9.84 Å². The molecule has 0 radical (unpaired) electrons. The first-order valence-corrected chi connectivity index (χ1v) is 7.90. The van der Waals surface area contributed by atoms with Crippen molar-refractivity contribution in [1.29, 1.82) is 0 Å². The summed E-state index contributed by atoms with van der Waals surface area (Å²) in [6.07, 6.45) is -1.06. The summed E-state index contributed by atoms with van der Waals surface area (Å²) < 4.78 is 25.1. The standard InChI is InChI=1S/C17H19FN2O6/c1-10-4-3-5-11(2)13(10)26-12-6-7-20(15(23)19-12)17(24)9-25-16(18,8-21)14(17)22/h3-7,14,21-22,24H,8-9H2,1-2H3/t14-,16-,17+/m1/s1. The maximum Gasteiger partial charge on any atom is 0.353 e. The Balaban J connectivity index is 1.93. The fraction of sp³-hybridized carbons (Fsp3) is 0.412. The highest BCUT2D eigenvalue weighted by Gasteiger charge is 2.60. The molecule has 0 unspecified atom stereocenters. The molecular formula is C17H19FN2O6. The third-order valence-corrected chi connectivity index (χ3v) is 4.40. The van der Waals surface area contributed by atoms with Crippen molar-refractivity contribution < 1.29 is 29.2 Å². The number of alkyl halides is 1. The molecule has 0 bridgehead atoms. The summed E-state index contributed by atoms with van der Waals surface area (Å²) in [5.74, 6) is -2.35. The fourth-order valence-corrected chi connectivity index (χ4v) is 2.87. The number of hydrogen-bond donors (Lipinski definition) is 3. The van der Waals surface area contributed by atoms with Crippen LogP contribution in [0.5, 0.6) is 11.6 Å². The van der Waals surface area contributed by atoms with Gasteiger partial charge in [-0.15, -0.1) is 0 Å². The van der Waals surface area contributed by atoms with E-state index in [1.807, 2.05) is 32.0 Å². The summed E-state index contributed by atoms with van der Waals surface area (Å²) in [6, 6.07) is 6.85. The third kappa shape index (κ3) is 2.88. The van der Waals surface area contributed by atoms with Crippen molar-refractivity contribution in [2.75, 3.05) is 13.2 Å². The van der Waals surface area contributed by atoms with E-state index in [0.717, 1.165) is 17.3 Å². The zero-order valence-electron chi connectivity index (χ0n) is 14.2. The number of ether oxygens (including phenoxy) is 2. The van der Waals surface area contributed by atoms with Gasteiger partial charge in [0.05, 0.1) is 0 Å². The zero-order chi connectivity index (χ0) is 19.1. The van der Waals surface area contributed by atoms with Crippen molar-refractivity contribution in [2.24, 2.45) is 0 Å². The van der Waals surface area contributed by atoms with Gasteiger partial charge in [-0.05, 0) is 25.0 Å². The minimum atomic E-state index is -2.87. The summed E-state index contributed by atoms with van der Waals surface area (Å²) in [5.41, 5.74) is -1.68. The van der Waals surface area contributed by atoms with E-state index < -0.39 is 36.6 Å². The Labute approximate surface area is 148 Å². The lowest BCUT2D eigenvalue weighted by atomic mass is 10.0. The first kappa shape index (κ1) is 18.5. The van der Waals surface area contributed by atoms with Gasteiger partial charge in [0.15, 0.2) is 6.10 Å². The predicted molar refractivity (Wildman–Crippen MR) is 87.6 cm³/mol. The number of aliphatic hydroxyl groups excluding tert-OH is 2. The Bertz CT molecular complexity index is 868. The number of halogens is 1. The lowest BCUT2D eigenvalue weighted by Gasteiger charge is -2.29. The molecule has 140 valence electrons. The highest BCUT2D eigenvalue weighted by Crippen LogP contribution is 2.37. The molecule has 0 amide bonds. The van der Waals surface area contributed by atoms with Gasteiger partial charge in [0.2, 0.25) is 11.6 Å². The maximum absolute atomic E-state index is 14.2. The number of aryl methyl sites for hydroxylation is 2. The molecule has 0 spiro atoms.